The van der Waals surface area contributed by atoms with Gasteiger partial charge in [0.1, 0.15) is 0 Å². The van der Waals surface area contributed by atoms with E-state index in [9.17, 15) is 4.79 Å². The Hall–Kier alpha value is -0.840. The summed E-state index contributed by atoms with van der Waals surface area (Å²) in [6, 6.07) is 0. The summed E-state index contributed by atoms with van der Waals surface area (Å²) in [6.07, 6.45) is 1.82. The highest BCUT2D eigenvalue weighted by Crippen LogP contribution is 2.14. The summed E-state index contributed by atoms with van der Waals surface area (Å²) in [4.78, 5) is 11.3. The van der Waals surface area contributed by atoms with Gasteiger partial charge in [0, 0.05) is 5.92 Å². The zero-order valence-electron chi connectivity index (χ0n) is 7.20. The largest absolute Gasteiger partial charge is 0.408 e. The lowest BCUT2D eigenvalue weighted by Crippen LogP contribution is -2.07. The van der Waals surface area contributed by atoms with Crippen LogP contribution in [0.15, 0.2) is 9.64 Å². The van der Waals surface area contributed by atoms with Gasteiger partial charge in [-0.2, -0.15) is 0 Å². The van der Waals surface area contributed by atoms with E-state index in [1.807, 2.05) is 6.26 Å². The lowest BCUT2D eigenvalue weighted by Gasteiger charge is -1.95. The molecule has 0 spiro atoms. The van der Waals surface area contributed by atoms with Gasteiger partial charge >= 0.3 is 0 Å². The van der Waals surface area contributed by atoms with Crippen molar-refractivity contribution in [2.45, 2.75) is 19.1 Å². The highest BCUT2D eigenvalue weighted by atomic mass is 32.2. The Morgan fingerprint density at radius 3 is 2.58 bits per heavy atom. The van der Waals surface area contributed by atoms with E-state index < -0.39 is 0 Å². The summed E-state index contributed by atoms with van der Waals surface area (Å²) >= 11 is 1.33. The second kappa shape index (κ2) is 3.71. The van der Waals surface area contributed by atoms with Crippen molar-refractivity contribution in [3.8, 4) is 0 Å². The Kier molecular flexibility index (Phi) is 2.86. The van der Waals surface area contributed by atoms with Crippen molar-refractivity contribution in [1.82, 2.24) is 10.2 Å². The number of ketones is 1. The molecule has 1 rings (SSSR count). The van der Waals surface area contributed by atoms with Crippen LogP contribution in [0.1, 0.15) is 24.5 Å². The summed E-state index contributed by atoms with van der Waals surface area (Å²) in [7, 11) is 0. The molecule has 0 bridgehead atoms. The van der Waals surface area contributed by atoms with Gasteiger partial charge in [-0.1, -0.05) is 25.6 Å². The average molecular weight is 186 g/mol. The van der Waals surface area contributed by atoms with Gasteiger partial charge in [-0.25, -0.2) is 0 Å². The summed E-state index contributed by atoms with van der Waals surface area (Å²) in [5.41, 5.74) is 0. The minimum Gasteiger partial charge on any atom is -0.408 e. The first kappa shape index (κ1) is 9.25. The van der Waals surface area contributed by atoms with E-state index in [2.05, 4.69) is 10.2 Å². The van der Waals surface area contributed by atoms with Gasteiger partial charge in [0.15, 0.2) is 0 Å². The molecule has 4 nitrogen and oxygen atoms in total. The first-order valence-electron chi connectivity index (χ1n) is 3.57. The quantitative estimate of drug-likeness (QED) is 0.530. The molecule has 1 aromatic heterocycles. The Morgan fingerprint density at radius 1 is 1.50 bits per heavy atom. The fourth-order valence-corrected chi connectivity index (χ4v) is 0.924. The third-order valence-corrected chi connectivity index (χ3v) is 1.83. The summed E-state index contributed by atoms with van der Waals surface area (Å²) in [5.74, 6) is -0.0997. The van der Waals surface area contributed by atoms with Crippen molar-refractivity contribution in [1.29, 1.82) is 0 Å². The number of carbonyl (C=O) groups excluding carboxylic acids is 1. The SMILES string of the molecule is CSc1nnc(C(=O)C(C)C)o1. The fourth-order valence-electron chi connectivity index (χ4n) is 0.639. The molecule has 0 radical (unpaired) electrons. The van der Waals surface area contributed by atoms with Crippen molar-refractivity contribution in [3.63, 3.8) is 0 Å². The van der Waals surface area contributed by atoms with E-state index in [0.29, 0.717) is 5.22 Å². The topological polar surface area (TPSA) is 56.0 Å². The molecule has 0 aliphatic heterocycles. The summed E-state index contributed by atoms with van der Waals surface area (Å²) in [5, 5.41) is 7.71. The van der Waals surface area contributed by atoms with E-state index >= 15 is 0 Å². The predicted octanol–water partition coefficient (Wildman–Crippen LogP) is 1.63. The van der Waals surface area contributed by atoms with E-state index in [0.717, 1.165) is 0 Å². The molecule has 0 fully saturated rings. The molecule has 0 unspecified atom stereocenters. The summed E-state index contributed by atoms with van der Waals surface area (Å²) < 4.78 is 5.05. The van der Waals surface area contributed by atoms with Crippen LogP contribution in [0.25, 0.3) is 0 Å². The number of hydrogen-bond acceptors (Lipinski definition) is 5. The third-order valence-electron chi connectivity index (χ3n) is 1.32. The Balaban J connectivity index is 2.82. The smallest absolute Gasteiger partial charge is 0.284 e. The molecule has 0 N–H and O–H groups in total. The van der Waals surface area contributed by atoms with E-state index in [1.54, 1.807) is 13.8 Å². The van der Waals surface area contributed by atoms with Crippen LogP contribution in [-0.2, 0) is 0 Å². The molecular formula is C7H10N2O2S. The molecule has 0 aromatic carbocycles. The maximum atomic E-state index is 11.3. The van der Waals surface area contributed by atoms with Crippen LogP contribution in [0.5, 0.6) is 0 Å². The summed E-state index contributed by atoms with van der Waals surface area (Å²) in [6.45, 7) is 3.59. The van der Waals surface area contributed by atoms with Crippen LogP contribution in [0.4, 0.5) is 0 Å². The van der Waals surface area contributed by atoms with Crippen molar-refractivity contribution >= 4 is 17.5 Å². The second-order valence-corrected chi connectivity index (χ2v) is 3.35. The predicted molar refractivity (Wildman–Crippen MR) is 45.2 cm³/mol. The molecule has 0 atom stereocenters. The lowest BCUT2D eigenvalue weighted by molar-refractivity contribution is 0.0899. The van der Waals surface area contributed by atoms with E-state index in [4.69, 9.17) is 4.42 Å². The van der Waals surface area contributed by atoms with Gasteiger partial charge in [0.05, 0.1) is 0 Å². The van der Waals surface area contributed by atoms with Crippen LogP contribution in [0.2, 0.25) is 0 Å². The van der Waals surface area contributed by atoms with Crippen LogP contribution in [-0.4, -0.2) is 22.2 Å². The number of thioether (sulfide) groups is 1. The minimum atomic E-state index is -0.109. The third kappa shape index (κ3) is 1.85. The molecular weight excluding hydrogens is 176 g/mol. The van der Waals surface area contributed by atoms with E-state index in [-0.39, 0.29) is 17.6 Å². The van der Waals surface area contributed by atoms with Gasteiger partial charge in [-0.05, 0) is 6.26 Å². The van der Waals surface area contributed by atoms with Crippen LogP contribution >= 0.6 is 11.8 Å². The lowest BCUT2D eigenvalue weighted by atomic mass is 10.1. The first-order valence-corrected chi connectivity index (χ1v) is 4.79. The van der Waals surface area contributed by atoms with Gasteiger partial charge in [-0.3, -0.25) is 4.79 Å². The number of hydrogen-bond donors (Lipinski definition) is 0. The van der Waals surface area contributed by atoms with Crippen LogP contribution in [0, 0.1) is 5.92 Å². The van der Waals surface area contributed by atoms with Gasteiger partial charge in [0.25, 0.3) is 11.1 Å². The average Bonchev–Trinajstić information content (AvgIpc) is 2.50. The Morgan fingerprint density at radius 2 is 2.17 bits per heavy atom. The van der Waals surface area contributed by atoms with Crippen molar-refractivity contribution in [3.05, 3.63) is 5.89 Å². The molecule has 0 saturated heterocycles. The Bertz CT molecular complexity index is 283. The van der Waals surface area contributed by atoms with Crippen LogP contribution in [0.3, 0.4) is 0 Å². The van der Waals surface area contributed by atoms with Crippen molar-refractivity contribution < 1.29 is 9.21 Å². The molecule has 5 heteroatoms. The number of rotatable bonds is 3. The monoisotopic (exact) mass is 186 g/mol. The molecule has 1 heterocycles. The van der Waals surface area contributed by atoms with Crippen molar-refractivity contribution in [2.24, 2.45) is 5.92 Å². The zero-order chi connectivity index (χ0) is 9.14. The fraction of sp³-hybridized carbons (Fsp3) is 0.571. The van der Waals surface area contributed by atoms with Gasteiger partial charge in [-0.15, -0.1) is 10.2 Å². The Labute approximate surface area is 74.7 Å². The number of aromatic nitrogens is 2. The maximum absolute atomic E-state index is 11.3. The minimum absolute atomic E-state index is 0.0971. The standard InChI is InChI=1S/C7H10N2O2S/c1-4(2)5(10)6-8-9-7(11-6)12-3/h4H,1-3H3. The van der Waals surface area contributed by atoms with Gasteiger partial charge < -0.3 is 4.42 Å². The normalized spacial score (nSPS) is 10.7. The number of nitrogens with zero attached hydrogens (tertiary/aromatic N) is 2. The molecule has 66 valence electrons. The molecule has 0 amide bonds. The highest BCUT2D eigenvalue weighted by molar-refractivity contribution is 7.98. The maximum Gasteiger partial charge on any atom is 0.284 e. The molecule has 12 heavy (non-hydrogen) atoms. The molecule has 0 aliphatic rings. The molecule has 0 saturated carbocycles. The van der Waals surface area contributed by atoms with E-state index in [1.165, 1.54) is 11.8 Å². The second-order valence-electron chi connectivity index (χ2n) is 2.60. The van der Waals surface area contributed by atoms with Gasteiger partial charge in [0.2, 0.25) is 5.78 Å². The zero-order valence-corrected chi connectivity index (χ0v) is 8.01. The number of carbonyl (C=O) groups is 1. The van der Waals surface area contributed by atoms with Crippen molar-refractivity contribution in [2.75, 3.05) is 6.26 Å². The number of Topliss-reactive ketones (excluding diaryl/α,β-unsaturated/α-hetero) is 1. The first-order chi connectivity index (χ1) is 5.65. The van der Waals surface area contributed by atoms with Crippen LogP contribution < -0.4 is 0 Å². The highest BCUT2D eigenvalue weighted by Gasteiger charge is 2.17. The molecule has 0 aliphatic carbocycles. The molecule has 1 aromatic rings.